The molecule has 0 unspecified atom stereocenters. The van der Waals surface area contributed by atoms with Gasteiger partial charge in [-0.3, -0.25) is 19.3 Å². The molecule has 10 heteroatoms. The van der Waals surface area contributed by atoms with Crippen molar-refractivity contribution in [3.05, 3.63) is 45.6 Å². The van der Waals surface area contributed by atoms with Crippen molar-refractivity contribution in [3.8, 4) is 17.1 Å². The van der Waals surface area contributed by atoms with Crippen LogP contribution in [0.2, 0.25) is 5.15 Å². The summed E-state index contributed by atoms with van der Waals surface area (Å²) in [5.41, 5.74) is 2.10. The fraction of sp³-hybridized carbons (Fsp3) is 0.222. The zero-order chi connectivity index (χ0) is 20.0. The molecule has 4 rings (SSSR count). The first-order valence-electron chi connectivity index (χ1n) is 8.46. The van der Waals surface area contributed by atoms with Crippen molar-refractivity contribution >= 4 is 34.0 Å². The van der Waals surface area contributed by atoms with Crippen LogP contribution in [0.15, 0.2) is 29.1 Å². The maximum absolute atomic E-state index is 12.5. The van der Waals surface area contributed by atoms with Crippen molar-refractivity contribution in [1.82, 2.24) is 29.5 Å². The molecule has 1 aromatic carbocycles. The number of hydrogen-bond donors (Lipinski definition) is 2. The number of benzene rings is 1. The number of nitrogens with zero attached hydrogens (tertiary/aromatic N) is 5. The first-order chi connectivity index (χ1) is 13.4. The number of fused-ring (bicyclic) bond motifs is 1. The van der Waals surface area contributed by atoms with E-state index < -0.39 is 0 Å². The number of aryl methyl sites for hydroxylation is 3. The lowest BCUT2D eigenvalue weighted by Crippen LogP contribution is -2.12. The quantitative estimate of drug-likeness (QED) is 0.511. The number of rotatable bonds is 4. The van der Waals surface area contributed by atoms with E-state index in [4.69, 9.17) is 16.3 Å². The van der Waals surface area contributed by atoms with E-state index in [1.165, 1.54) is 4.68 Å². The molecular formula is C18H18ClN7O2. The third-order valence-corrected chi connectivity index (χ3v) is 4.68. The molecule has 9 nitrogen and oxygen atoms in total. The minimum atomic E-state index is -0.209. The van der Waals surface area contributed by atoms with E-state index in [0.717, 1.165) is 11.4 Å². The summed E-state index contributed by atoms with van der Waals surface area (Å²) in [6.07, 6.45) is 0. The van der Waals surface area contributed by atoms with E-state index in [2.05, 4.69) is 25.5 Å². The molecule has 0 aliphatic rings. The molecule has 0 amide bonds. The third kappa shape index (κ3) is 2.89. The Balaban J connectivity index is 1.86. The number of ether oxygens (including phenoxy) is 1. The number of aromatic nitrogens is 6. The Labute approximate surface area is 164 Å². The standard InChI is InChI=1S/C18H18ClN7O2/c1-9-20-16(23-25(9)2)10-6-5-7-11(15(10)28-4)21-12-8-13(19)22-17-14(12)18(27)26(3)24-17/h5-8H,1-4H3,(H2,21,22,24). The van der Waals surface area contributed by atoms with Crippen LogP contribution in [0.3, 0.4) is 0 Å². The van der Waals surface area contributed by atoms with Gasteiger partial charge >= 0.3 is 0 Å². The third-order valence-electron chi connectivity index (χ3n) is 4.49. The molecule has 0 atom stereocenters. The van der Waals surface area contributed by atoms with Crippen molar-refractivity contribution in [3.63, 3.8) is 0 Å². The first-order valence-corrected chi connectivity index (χ1v) is 8.84. The predicted molar refractivity (Wildman–Crippen MR) is 107 cm³/mol. The monoisotopic (exact) mass is 399 g/mol. The topological polar surface area (TPSA) is 103 Å². The summed E-state index contributed by atoms with van der Waals surface area (Å²) in [6, 6.07) is 7.19. The smallest absolute Gasteiger partial charge is 0.277 e. The molecule has 0 bridgehead atoms. The van der Waals surface area contributed by atoms with Gasteiger partial charge in [0.1, 0.15) is 16.4 Å². The van der Waals surface area contributed by atoms with Crippen molar-refractivity contribution in [2.75, 3.05) is 12.4 Å². The summed E-state index contributed by atoms with van der Waals surface area (Å²) < 4.78 is 8.69. The van der Waals surface area contributed by atoms with Crippen LogP contribution in [-0.2, 0) is 14.1 Å². The first kappa shape index (κ1) is 18.1. The van der Waals surface area contributed by atoms with Gasteiger partial charge in [0, 0.05) is 14.1 Å². The molecule has 0 aliphatic carbocycles. The van der Waals surface area contributed by atoms with E-state index in [1.807, 2.05) is 32.2 Å². The second kappa shape index (κ2) is 6.68. The van der Waals surface area contributed by atoms with Crippen LogP contribution in [0, 0.1) is 6.92 Å². The molecule has 0 saturated heterocycles. The number of halogens is 1. The fourth-order valence-electron chi connectivity index (χ4n) is 3.04. The van der Waals surface area contributed by atoms with Gasteiger partial charge in [-0.1, -0.05) is 17.7 Å². The second-order valence-corrected chi connectivity index (χ2v) is 6.70. The Morgan fingerprint density at radius 2 is 2.00 bits per heavy atom. The summed E-state index contributed by atoms with van der Waals surface area (Å²) in [7, 11) is 5.03. The Hall–Kier alpha value is -3.33. The Morgan fingerprint density at radius 3 is 2.68 bits per heavy atom. The maximum atomic E-state index is 12.5. The number of pyridine rings is 1. The van der Waals surface area contributed by atoms with E-state index in [9.17, 15) is 4.79 Å². The lowest BCUT2D eigenvalue weighted by Gasteiger charge is -2.14. The average Bonchev–Trinajstić information content (AvgIpc) is 3.13. The normalized spacial score (nSPS) is 11.2. The largest absolute Gasteiger partial charge is 0.494 e. The number of para-hydroxylation sites is 1. The molecule has 2 N–H and O–H groups in total. The second-order valence-electron chi connectivity index (χ2n) is 6.31. The SMILES string of the molecule is COc1c(Nc2cc(Cl)nc3[nH]n(C)c(=O)c23)cccc1-c1nc(C)n(C)n1. The van der Waals surface area contributed by atoms with Crippen LogP contribution in [-0.4, -0.2) is 36.6 Å². The summed E-state index contributed by atoms with van der Waals surface area (Å²) in [5.74, 6) is 1.89. The average molecular weight is 400 g/mol. The van der Waals surface area contributed by atoms with Crippen LogP contribution in [0.5, 0.6) is 5.75 Å². The number of anilines is 2. The van der Waals surface area contributed by atoms with Gasteiger partial charge in [-0.2, -0.15) is 5.10 Å². The van der Waals surface area contributed by atoms with Crippen molar-refractivity contribution in [1.29, 1.82) is 0 Å². The van der Waals surface area contributed by atoms with Crippen LogP contribution in [0.4, 0.5) is 11.4 Å². The highest BCUT2D eigenvalue weighted by Gasteiger charge is 2.18. The van der Waals surface area contributed by atoms with Crippen molar-refractivity contribution < 1.29 is 4.74 Å². The Bertz CT molecular complexity index is 1240. The highest BCUT2D eigenvalue weighted by Crippen LogP contribution is 2.37. The van der Waals surface area contributed by atoms with Crippen molar-refractivity contribution in [2.24, 2.45) is 14.1 Å². The predicted octanol–water partition coefficient (Wildman–Crippen LogP) is 2.77. The molecule has 0 aliphatic heterocycles. The minimum Gasteiger partial charge on any atom is -0.494 e. The van der Waals surface area contributed by atoms with E-state index in [-0.39, 0.29) is 10.7 Å². The zero-order valence-corrected chi connectivity index (χ0v) is 16.5. The lowest BCUT2D eigenvalue weighted by atomic mass is 10.1. The van der Waals surface area contributed by atoms with Gasteiger partial charge in [0.25, 0.3) is 5.56 Å². The lowest BCUT2D eigenvalue weighted by molar-refractivity contribution is 0.418. The maximum Gasteiger partial charge on any atom is 0.277 e. The van der Waals surface area contributed by atoms with E-state index in [0.29, 0.717) is 34.0 Å². The van der Waals surface area contributed by atoms with Gasteiger partial charge in [-0.05, 0) is 25.1 Å². The number of aromatic amines is 1. The van der Waals surface area contributed by atoms with Gasteiger partial charge in [0.15, 0.2) is 17.2 Å². The highest BCUT2D eigenvalue weighted by atomic mass is 35.5. The minimum absolute atomic E-state index is 0.209. The van der Waals surface area contributed by atoms with Gasteiger partial charge in [-0.25, -0.2) is 9.97 Å². The summed E-state index contributed by atoms with van der Waals surface area (Å²) >= 11 is 6.14. The van der Waals surface area contributed by atoms with E-state index in [1.54, 1.807) is 24.9 Å². The van der Waals surface area contributed by atoms with Crippen molar-refractivity contribution in [2.45, 2.75) is 6.92 Å². The molecule has 0 radical (unpaired) electrons. The van der Waals surface area contributed by atoms with Crippen LogP contribution < -0.4 is 15.6 Å². The number of methoxy groups -OCH3 is 1. The molecule has 3 heterocycles. The molecule has 0 saturated carbocycles. The number of nitrogens with one attached hydrogen (secondary N) is 2. The molecule has 28 heavy (non-hydrogen) atoms. The van der Waals surface area contributed by atoms with Gasteiger partial charge in [-0.15, -0.1) is 0 Å². The zero-order valence-electron chi connectivity index (χ0n) is 15.7. The van der Waals surface area contributed by atoms with Gasteiger partial charge < -0.3 is 10.1 Å². The Morgan fingerprint density at radius 1 is 1.21 bits per heavy atom. The number of hydrogen-bond acceptors (Lipinski definition) is 6. The summed E-state index contributed by atoms with van der Waals surface area (Å²) in [5, 5.41) is 11.2. The van der Waals surface area contributed by atoms with E-state index >= 15 is 0 Å². The molecule has 144 valence electrons. The highest BCUT2D eigenvalue weighted by molar-refractivity contribution is 6.30. The Kier molecular flexibility index (Phi) is 4.31. The van der Waals surface area contributed by atoms with Gasteiger partial charge in [0.2, 0.25) is 0 Å². The molecule has 0 spiro atoms. The fourth-order valence-corrected chi connectivity index (χ4v) is 3.23. The molecular weight excluding hydrogens is 382 g/mol. The molecule has 3 aromatic heterocycles. The molecule has 4 aromatic rings. The van der Waals surface area contributed by atoms with Crippen LogP contribution in [0.25, 0.3) is 22.4 Å². The summed E-state index contributed by atoms with van der Waals surface area (Å²) in [6.45, 7) is 1.88. The molecule has 0 fully saturated rings. The van der Waals surface area contributed by atoms with Crippen LogP contribution in [0.1, 0.15) is 5.82 Å². The van der Waals surface area contributed by atoms with Gasteiger partial charge in [0.05, 0.1) is 24.0 Å². The van der Waals surface area contributed by atoms with Crippen LogP contribution >= 0.6 is 11.6 Å². The number of H-pyrrole nitrogens is 1. The summed E-state index contributed by atoms with van der Waals surface area (Å²) in [4.78, 5) is 21.1.